The SMILES string of the molecule is CCSC(=Nc1ccc(OC)cc1)N(Cc1ccc(OC)cc1)Cc1ccc(OC)cc1.I. The summed E-state index contributed by atoms with van der Waals surface area (Å²) in [5, 5.41) is 0.976. The van der Waals surface area contributed by atoms with Gasteiger partial charge in [-0.2, -0.15) is 0 Å². The van der Waals surface area contributed by atoms with E-state index in [1.165, 1.54) is 11.1 Å². The van der Waals surface area contributed by atoms with Crippen molar-refractivity contribution in [2.24, 2.45) is 4.99 Å². The second-order valence-electron chi connectivity index (χ2n) is 7.08. The number of methoxy groups -OCH3 is 3. The average molecular weight is 579 g/mol. The highest BCUT2D eigenvalue weighted by atomic mass is 127. The number of halogens is 1. The van der Waals surface area contributed by atoms with Gasteiger partial charge in [-0.15, -0.1) is 24.0 Å². The van der Waals surface area contributed by atoms with Gasteiger partial charge in [-0.05, 0) is 65.4 Å². The zero-order valence-corrected chi connectivity index (χ0v) is 22.6. The smallest absolute Gasteiger partial charge is 0.164 e. The molecule has 5 nitrogen and oxygen atoms in total. The van der Waals surface area contributed by atoms with Crippen molar-refractivity contribution in [3.8, 4) is 17.2 Å². The standard InChI is InChI=1S/C26H30N2O3S.HI/c1-5-32-26(27-22-10-16-25(31-4)17-11-22)28(18-20-6-12-23(29-2)13-7-20)19-21-8-14-24(30-3)15-9-21;/h6-17H,5,18-19H2,1-4H3;1H. The Morgan fingerprint density at radius 3 is 1.45 bits per heavy atom. The second-order valence-corrected chi connectivity index (χ2v) is 8.31. The number of rotatable bonds is 9. The number of nitrogens with zero attached hydrogens (tertiary/aromatic N) is 2. The Morgan fingerprint density at radius 2 is 1.09 bits per heavy atom. The Bertz CT molecular complexity index is 944. The van der Waals surface area contributed by atoms with Gasteiger partial charge in [0.2, 0.25) is 0 Å². The molecule has 0 bridgehead atoms. The topological polar surface area (TPSA) is 43.3 Å². The third-order valence-electron chi connectivity index (χ3n) is 4.91. The number of hydrogen-bond acceptors (Lipinski definition) is 5. The minimum absolute atomic E-state index is 0. The van der Waals surface area contributed by atoms with Crippen molar-refractivity contribution >= 4 is 46.6 Å². The van der Waals surface area contributed by atoms with Gasteiger partial charge in [-0.1, -0.05) is 43.0 Å². The van der Waals surface area contributed by atoms with Crippen LogP contribution in [0.3, 0.4) is 0 Å². The first-order valence-electron chi connectivity index (χ1n) is 10.5. The van der Waals surface area contributed by atoms with Gasteiger partial charge in [0.15, 0.2) is 5.17 Å². The highest BCUT2D eigenvalue weighted by Gasteiger charge is 2.14. The van der Waals surface area contributed by atoms with Crippen molar-refractivity contribution in [3.63, 3.8) is 0 Å². The number of thioether (sulfide) groups is 1. The van der Waals surface area contributed by atoms with E-state index >= 15 is 0 Å². The first-order chi connectivity index (χ1) is 15.6. The van der Waals surface area contributed by atoms with Gasteiger partial charge in [0.05, 0.1) is 27.0 Å². The van der Waals surface area contributed by atoms with Crippen LogP contribution < -0.4 is 14.2 Å². The van der Waals surface area contributed by atoms with Crippen LogP contribution in [0.15, 0.2) is 77.8 Å². The second kappa shape index (κ2) is 14.0. The molecule has 0 saturated carbocycles. The summed E-state index contributed by atoms with van der Waals surface area (Å²) >= 11 is 1.74. The molecule has 0 aliphatic rings. The summed E-state index contributed by atoms with van der Waals surface area (Å²) in [7, 11) is 5.03. The molecule has 3 aromatic carbocycles. The molecule has 3 rings (SSSR count). The zero-order chi connectivity index (χ0) is 22.8. The minimum atomic E-state index is 0. The van der Waals surface area contributed by atoms with Crippen LogP contribution in [0.25, 0.3) is 0 Å². The summed E-state index contributed by atoms with van der Waals surface area (Å²) < 4.78 is 15.9. The van der Waals surface area contributed by atoms with Gasteiger partial charge in [-0.25, -0.2) is 4.99 Å². The Morgan fingerprint density at radius 1 is 0.697 bits per heavy atom. The lowest BCUT2D eigenvalue weighted by molar-refractivity contribution is 0.405. The molecule has 0 radical (unpaired) electrons. The maximum absolute atomic E-state index is 5.31. The summed E-state index contributed by atoms with van der Waals surface area (Å²) in [6.45, 7) is 3.61. The molecular formula is C26H31IN2O3S. The summed E-state index contributed by atoms with van der Waals surface area (Å²) in [6, 6.07) is 24.2. The molecule has 0 amide bonds. The van der Waals surface area contributed by atoms with Crippen LogP contribution in [0.5, 0.6) is 17.2 Å². The van der Waals surface area contributed by atoms with Crippen LogP contribution in [0.4, 0.5) is 5.69 Å². The molecule has 0 saturated heterocycles. The predicted octanol–water partition coefficient (Wildman–Crippen LogP) is 6.77. The van der Waals surface area contributed by atoms with E-state index in [9.17, 15) is 0 Å². The Hall–Kier alpha value is -2.39. The number of hydrogen-bond donors (Lipinski definition) is 0. The van der Waals surface area contributed by atoms with Crippen molar-refractivity contribution in [1.82, 2.24) is 4.90 Å². The first kappa shape index (κ1) is 26.9. The summed E-state index contributed by atoms with van der Waals surface area (Å²) in [4.78, 5) is 7.29. The molecule has 0 aromatic heterocycles. The van der Waals surface area contributed by atoms with E-state index in [2.05, 4.69) is 36.1 Å². The van der Waals surface area contributed by atoms with Gasteiger partial charge in [-0.3, -0.25) is 0 Å². The maximum atomic E-state index is 5.31. The highest BCUT2D eigenvalue weighted by Crippen LogP contribution is 2.24. The average Bonchev–Trinajstić information content (AvgIpc) is 2.84. The number of ether oxygens (including phenoxy) is 3. The molecule has 3 aromatic rings. The lowest BCUT2D eigenvalue weighted by Gasteiger charge is -2.26. The van der Waals surface area contributed by atoms with E-state index in [1.54, 1.807) is 33.1 Å². The quantitative estimate of drug-likeness (QED) is 0.159. The van der Waals surface area contributed by atoms with E-state index < -0.39 is 0 Å². The largest absolute Gasteiger partial charge is 0.497 e. The Balaban J connectivity index is 0.00000385. The molecule has 0 fully saturated rings. The van der Waals surface area contributed by atoms with Crippen LogP contribution in [0.1, 0.15) is 18.1 Å². The molecule has 7 heteroatoms. The summed E-state index contributed by atoms with van der Waals surface area (Å²) in [5.74, 6) is 3.45. The van der Waals surface area contributed by atoms with Crippen LogP contribution in [0.2, 0.25) is 0 Å². The van der Waals surface area contributed by atoms with Gasteiger partial charge in [0, 0.05) is 13.1 Å². The monoisotopic (exact) mass is 578 g/mol. The number of amidine groups is 1. The molecule has 0 heterocycles. The maximum Gasteiger partial charge on any atom is 0.164 e. The van der Waals surface area contributed by atoms with Crippen molar-refractivity contribution in [1.29, 1.82) is 0 Å². The van der Waals surface area contributed by atoms with E-state index in [4.69, 9.17) is 19.2 Å². The lowest BCUT2D eigenvalue weighted by Crippen LogP contribution is -2.28. The number of aliphatic imine (C=N–C) groups is 1. The molecule has 0 spiro atoms. The van der Waals surface area contributed by atoms with Crippen LogP contribution >= 0.6 is 35.7 Å². The fourth-order valence-corrected chi connectivity index (χ4v) is 3.92. The third-order valence-corrected chi connectivity index (χ3v) is 5.80. The van der Waals surface area contributed by atoms with Gasteiger partial charge < -0.3 is 19.1 Å². The first-order valence-corrected chi connectivity index (χ1v) is 11.5. The lowest BCUT2D eigenvalue weighted by atomic mass is 10.1. The van der Waals surface area contributed by atoms with Crippen molar-refractivity contribution in [2.45, 2.75) is 20.0 Å². The van der Waals surface area contributed by atoms with Crippen LogP contribution in [-0.2, 0) is 13.1 Å². The number of benzene rings is 3. The van der Waals surface area contributed by atoms with E-state index in [-0.39, 0.29) is 24.0 Å². The molecule has 176 valence electrons. The molecular weight excluding hydrogens is 547 g/mol. The Labute approximate surface area is 218 Å². The van der Waals surface area contributed by atoms with Gasteiger partial charge >= 0.3 is 0 Å². The molecule has 0 N–H and O–H groups in total. The van der Waals surface area contributed by atoms with Crippen LogP contribution in [0, 0.1) is 0 Å². The minimum Gasteiger partial charge on any atom is -0.497 e. The molecule has 0 atom stereocenters. The zero-order valence-electron chi connectivity index (χ0n) is 19.5. The van der Waals surface area contributed by atoms with E-state index in [0.29, 0.717) is 0 Å². The van der Waals surface area contributed by atoms with Gasteiger partial charge in [0.25, 0.3) is 0 Å². The van der Waals surface area contributed by atoms with Gasteiger partial charge in [0.1, 0.15) is 17.2 Å². The van der Waals surface area contributed by atoms with Crippen molar-refractivity contribution in [2.75, 3.05) is 27.1 Å². The van der Waals surface area contributed by atoms with Crippen LogP contribution in [-0.4, -0.2) is 37.1 Å². The molecule has 33 heavy (non-hydrogen) atoms. The van der Waals surface area contributed by atoms with E-state index in [0.717, 1.165) is 46.9 Å². The highest BCUT2D eigenvalue weighted by molar-refractivity contribution is 14.0. The fourth-order valence-electron chi connectivity index (χ4n) is 3.18. The summed E-state index contributed by atoms with van der Waals surface area (Å²) in [5.41, 5.74) is 3.29. The summed E-state index contributed by atoms with van der Waals surface area (Å²) in [6.07, 6.45) is 0. The third kappa shape index (κ3) is 8.16. The van der Waals surface area contributed by atoms with Crippen molar-refractivity contribution < 1.29 is 14.2 Å². The predicted molar refractivity (Wildman–Crippen MR) is 149 cm³/mol. The van der Waals surface area contributed by atoms with E-state index in [1.807, 2.05) is 48.5 Å². The molecule has 0 aliphatic carbocycles. The Kier molecular flexibility index (Phi) is 11.4. The van der Waals surface area contributed by atoms with Crippen molar-refractivity contribution in [3.05, 3.63) is 83.9 Å². The fraction of sp³-hybridized carbons (Fsp3) is 0.269. The normalized spacial score (nSPS) is 10.8. The molecule has 0 aliphatic heterocycles. The molecule has 0 unspecified atom stereocenters.